The van der Waals surface area contributed by atoms with Crippen LogP contribution >= 0.6 is 11.6 Å². The quantitative estimate of drug-likeness (QED) is 0.504. The molecule has 5 heterocycles. The van der Waals surface area contributed by atoms with E-state index < -0.39 is 0 Å². The molecule has 0 amide bonds. The molecule has 0 unspecified atom stereocenters. The topological polar surface area (TPSA) is 66.2 Å². The van der Waals surface area contributed by atoms with Crippen LogP contribution in [0.4, 0.5) is 14.7 Å². The fourth-order valence-corrected chi connectivity index (χ4v) is 6.77. The van der Waals surface area contributed by atoms with Crippen LogP contribution in [0.5, 0.6) is 0 Å². The minimum atomic E-state index is -0.371. The highest BCUT2D eigenvalue weighted by Gasteiger charge is 2.55. The Bertz CT molecular complexity index is 1340. The number of likely N-dealkylation sites (tertiary alicyclic amines) is 1. The first-order chi connectivity index (χ1) is 17.9. The van der Waals surface area contributed by atoms with Crippen LogP contribution in [-0.4, -0.2) is 80.0 Å². The smallest absolute Gasteiger partial charge is 0.225 e. The summed E-state index contributed by atoms with van der Waals surface area (Å²) < 4.78 is 28.6. The second kappa shape index (κ2) is 8.68. The number of aromatic nitrogens is 5. The maximum Gasteiger partial charge on any atom is 0.225 e. The van der Waals surface area contributed by atoms with Crippen LogP contribution in [0, 0.1) is 18.2 Å². The van der Waals surface area contributed by atoms with Crippen molar-refractivity contribution in [2.24, 2.45) is 5.41 Å². The Labute approximate surface area is 219 Å². The van der Waals surface area contributed by atoms with E-state index in [-0.39, 0.29) is 17.9 Å². The molecule has 1 saturated carbocycles. The number of alkyl halides is 1. The second-order valence-electron chi connectivity index (χ2n) is 11.2. The largest absolute Gasteiger partial charge is 0.340 e. The number of hydrogen-bond acceptors (Lipinski definition) is 7. The third-order valence-electron chi connectivity index (χ3n) is 8.58. The summed E-state index contributed by atoms with van der Waals surface area (Å²) in [7, 11) is 0. The van der Waals surface area contributed by atoms with Crippen LogP contribution in [0.2, 0.25) is 5.02 Å². The molecule has 3 aliphatic heterocycles. The van der Waals surface area contributed by atoms with Crippen LogP contribution in [0.15, 0.2) is 24.4 Å². The molecule has 37 heavy (non-hydrogen) atoms. The summed E-state index contributed by atoms with van der Waals surface area (Å²) >= 11 is 6.41. The second-order valence-corrected chi connectivity index (χ2v) is 11.6. The Morgan fingerprint density at radius 3 is 2.70 bits per heavy atom. The number of anilines is 1. The molecule has 1 aromatic carbocycles. The summed E-state index contributed by atoms with van der Waals surface area (Å²) in [5.74, 6) is 2.54. The monoisotopic (exact) mass is 526 g/mol. The summed E-state index contributed by atoms with van der Waals surface area (Å²) in [5.41, 5.74) is 2.89. The number of aryl methyl sites for hydroxylation is 1. The van der Waals surface area contributed by atoms with Crippen molar-refractivity contribution in [3.8, 4) is 5.69 Å². The van der Waals surface area contributed by atoms with Gasteiger partial charge in [0.15, 0.2) is 11.6 Å². The molecular formula is C26H29ClF2N8. The first-order valence-corrected chi connectivity index (χ1v) is 13.3. The first-order valence-electron chi connectivity index (χ1n) is 12.9. The summed E-state index contributed by atoms with van der Waals surface area (Å²) in [4.78, 5) is 15.2. The normalized spacial score (nSPS) is 21.7. The van der Waals surface area contributed by atoms with E-state index in [2.05, 4.69) is 46.5 Å². The minimum Gasteiger partial charge on any atom is -0.340 e. The Morgan fingerprint density at radius 2 is 1.95 bits per heavy atom. The molecule has 1 aliphatic carbocycles. The standard InChI is InChI=1S/C26H29ClF2N8/c1-16-21(29)9-30-25(31-16)36-14-26(15-36)7-18(8-26)24-33-32-23-13-35(20-11-34(12-20)5-4-28)10-17-6-19(27)2-3-22(17)37(23)24/h2-3,6,9,18,20H,4-5,7-8,10-15H2,1H3. The lowest BCUT2D eigenvalue weighted by Gasteiger charge is -2.58. The van der Waals surface area contributed by atoms with Crippen LogP contribution in [0.1, 0.15) is 41.7 Å². The molecule has 1 spiro atoms. The molecule has 3 fully saturated rings. The molecule has 3 aromatic rings. The van der Waals surface area contributed by atoms with Crippen molar-refractivity contribution in [3.63, 3.8) is 0 Å². The van der Waals surface area contributed by atoms with Crippen molar-refractivity contribution in [3.05, 3.63) is 58.1 Å². The lowest BCUT2D eigenvalue weighted by Crippen LogP contribution is -2.62. The third kappa shape index (κ3) is 3.92. The number of rotatable bonds is 5. The number of benzene rings is 1. The van der Waals surface area contributed by atoms with Gasteiger partial charge >= 0.3 is 0 Å². The lowest BCUT2D eigenvalue weighted by molar-refractivity contribution is 0.0203. The summed E-state index contributed by atoms with van der Waals surface area (Å²) in [6.07, 6.45) is 3.33. The van der Waals surface area contributed by atoms with E-state index in [0.29, 0.717) is 36.7 Å². The summed E-state index contributed by atoms with van der Waals surface area (Å²) in [6.45, 7) is 6.87. The summed E-state index contributed by atoms with van der Waals surface area (Å²) in [5, 5.41) is 10.1. The molecule has 11 heteroatoms. The number of halogens is 3. The molecule has 194 valence electrons. The molecular weight excluding hydrogens is 498 g/mol. The first kappa shape index (κ1) is 23.4. The van der Waals surface area contributed by atoms with Gasteiger partial charge in [-0.3, -0.25) is 14.4 Å². The highest BCUT2D eigenvalue weighted by Crippen LogP contribution is 2.56. The third-order valence-corrected chi connectivity index (χ3v) is 8.81. The Morgan fingerprint density at radius 1 is 1.14 bits per heavy atom. The van der Waals surface area contributed by atoms with Crippen LogP contribution in [0.25, 0.3) is 5.69 Å². The van der Waals surface area contributed by atoms with E-state index in [9.17, 15) is 8.78 Å². The van der Waals surface area contributed by atoms with Crippen molar-refractivity contribution in [1.29, 1.82) is 0 Å². The number of fused-ring (bicyclic) bond motifs is 3. The predicted octanol–water partition coefficient (Wildman–Crippen LogP) is 3.51. The van der Waals surface area contributed by atoms with E-state index in [4.69, 9.17) is 16.7 Å². The van der Waals surface area contributed by atoms with Gasteiger partial charge in [0, 0.05) is 61.7 Å². The Hall–Kier alpha value is -2.69. The zero-order valence-electron chi connectivity index (χ0n) is 20.7. The van der Waals surface area contributed by atoms with Gasteiger partial charge in [-0.05, 0) is 43.5 Å². The Kier molecular flexibility index (Phi) is 5.49. The van der Waals surface area contributed by atoms with Crippen LogP contribution in [-0.2, 0) is 13.1 Å². The predicted molar refractivity (Wildman–Crippen MR) is 135 cm³/mol. The molecule has 0 atom stereocenters. The van der Waals surface area contributed by atoms with E-state index >= 15 is 0 Å². The molecule has 0 N–H and O–H groups in total. The van der Waals surface area contributed by atoms with Gasteiger partial charge in [-0.15, -0.1) is 10.2 Å². The maximum absolute atomic E-state index is 13.6. The van der Waals surface area contributed by atoms with E-state index in [1.54, 1.807) is 6.92 Å². The summed E-state index contributed by atoms with van der Waals surface area (Å²) in [6, 6.07) is 6.45. The molecule has 2 aromatic heterocycles. The van der Waals surface area contributed by atoms with Crippen LogP contribution < -0.4 is 4.90 Å². The fourth-order valence-electron chi connectivity index (χ4n) is 6.57. The van der Waals surface area contributed by atoms with Crippen molar-refractivity contribution in [1.82, 2.24) is 34.5 Å². The molecule has 0 radical (unpaired) electrons. The van der Waals surface area contributed by atoms with Crippen molar-refractivity contribution >= 4 is 17.5 Å². The van der Waals surface area contributed by atoms with Gasteiger partial charge in [0.2, 0.25) is 5.95 Å². The van der Waals surface area contributed by atoms with Crippen LogP contribution in [0.3, 0.4) is 0 Å². The lowest BCUT2D eigenvalue weighted by atomic mass is 9.57. The van der Waals surface area contributed by atoms with Gasteiger partial charge in [0.25, 0.3) is 0 Å². The van der Waals surface area contributed by atoms with Crippen molar-refractivity contribution < 1.29 is 8.78 Å². The van der Waals surface area contributed by atoms with E-state index in [0.717, 1.165) is 67.9 Å². The molecule has 2 saturated heterocycles. The van der Waals surface area contributed by atoms with Crippen molar-refractivity contribution in [2.45, 2.75) is 44.8 Å². The van der Waals surface area contributed by atoms with E-state index in [1.165, 1.54) is 11.8 Å². The van der Waals surface area contributed by atoms with Crippen molar-refractivity contribution in [2.75, 3.05) is 44.3 Å². The molecule has 4 aliphatic rings. The average molecular weight is 527 g/mol. The zero-order chi connectivity index (χ0) is 25.3. The fraction of sp³-hybridized carbons (Fsp3) is 0.538. The van der Waals surface area contributed by atoms with Gasteiger partial charge in [-0.25, -0.2) is 18.7 Å². The highest BCUT2D eigenvalue weighted by molar-refractivity contribution is 6.30. The Balaban J connectivity index is 1.10. The highest BCUT2D eigenvalue weighted by atomic mass is 35.5. The van der Waals surface area contributed by atoms with Gasteiger partial charge in [0.1, 0.15) is 12.5 Å². The average Bonchev–Trinajstić information content (AvgIpc) is 3.11. The number of nitrogens with zero attached hydrogens (tertiary/aromatic N) is 8. The van der Waals surface area contributed by atoms with Gasteiger partial charge < -0.3 is 4.90 Å². The van der Waals surface area contributed by atoms with E-state index in [1.807, 2.05) is 6.07 Å². The number of hydrogen-bond donors (Lipinski definition) is 0. The van der Waals surface area contributed by atoms with Gasteiger partial charge in [-0.2, -0.15) is 0 Å². The molecule has 7 rings (SSSR count). The maximum atomic E-state index is 13.6. The van der Waals surface area contributed by atoms with Gasteiger partial charge in [0.05, 0.1) is 24.1 Å². The molecule has 8 nitrogen and oxygen atoms in total. The SMILES string of the molecule is Cc1nc(N2CC3(CC(c4nnc5n4-c4ccc(Cl)cc4CN(C4CN(CCF)C4)C5)C3)C2)ncc1F. The van der Waals surface area contributed by atoms with Gasteiger partial charge in [-0.1, -0.05) is 11.6 Å². The zero-order valence-corrected chi connectivity index (χ0v) is 21.5. The molecule has 0 bridgehead atoms. The minimum absolute atomic E-state index is 0.230.